The van der Waals surface area contributed by atoms with Crippen molar-refractivity contribution in [3.05, 3.63) is 0 Å². The van der Waals surface area contributed by atoms with Crippen LogP contribution >= 0.6 is 0 Å². The zero-order chi connectivity index (χ0) is 12.0. The third-order valence-electron chi connectivity index (χ3n) is 3.72. The monoisotopic (exact) mass is 244 g/mol. The molecule has 0 saturated carbocycles. The maximum atomic E-state index is 5.57. The number of hydrogen-bond donors (Lipinski definition) is 0. The first-order valence-corrected chi connectivity index (χ1v) is 9.69. The molecule has 0 radical (unpaired) electrons. The Bertz CT molecular complexity index is 191. The number of hydrogen-bond acceptors (Lipinski definition) is 3. The molecule has 0 aromatic rings. The van der Waals surface area contributed by atoms with Crippen LogP contribution in [-0.4, -0.2) is 64.5 Å². The molecule has 1 aliphatic heterocycles. The molecule has 0 atom stereocenters. The van der Waals surface area contributed by atoms with Crippen LogP contribution in [-0.2, 0) is 4.43 Å². The zero-order valence-corrected chi connectivity index (χ0v) is 12.5. The smallest absolute Gasteiger partial charge is 0.186 e. The van der Waals surface area contributed by atoms with Gasteiger partial charge < -0.3 is 14.2 Å². The lowest BCUT2D eigenvalue weighted by Crippen LogP contribution is -2.46. The molecule has 0 amide bonds. The number of nitrogens with zero attached hydrogens (tertiary/aromatic N) is 2. The highest BCUT2D eigenvalue weighted by Crippen LogP contribution is 2.13. The lowest BCUT2D eigenvalue weighted by atomic mass is 10.3. The van der Waals surface area contributed by atoms with Gasteiger partial charge in [0.1, 0.15) is 0 Å². The van der Waals surface area contributed by atoms with E-state index in [-0.39, 0.29) is 0 Å². The largest absolute Gasteiger partial charge is 0.420 e. The van der Waals surface area contributed by atoms with Crippen molar-refractivity contribution in [3.8, 4) is 0 Å². The lowest BCUT2D eigenvalue weighted by Gasteiger charge is -2.34. The van der Waals surface area contributed by atoms with Gasteiger partial charge in [0.05, 0.1) is 0 Å². The van der Waals surface area contributed by atoms with Crippen LogP contribution in [0.2, 0.25) is 19.1 Å². The quantitative estimate of drug-likeness (QED) is 0.663. The van der Waals surface area contributed by atoms with Gasteiger partial charge in [-0.2, -0.15) is 0 Å². The molecule has 1 fully saturated rings. The molecule has 1 saturated heterocycles. The molecule has 96 valence electrons. The second-order valence-corrected chi connectivity index (χ2v) is 9.77. The number of rotatable bonds is 6. The average molecular weight is 244 g/mol. The highest BCUT2D eigenvalue weighted by molar-refractivity contribution is 6.71. The third-order valence-corrected chi connectivity index (χ3v) is 6.38. The highest BCUT2D eigenvalue weighted by Gasteiger charge is 2.21. The van der Waals surface area contributed by atoms with Crippen LogP contribution in [0.4, 0.5) is 0 Å². The van der Waals surface area contributed by atoms with Gasteiger partial charge in [0.15, 0.2) is 8.32 Å². The third kappa shape index (κ3) is 4.95. The predicted octanol–water partition coefficient (Wildman–Crippen LogP) is 1.87. The Labute approximate surface area is 102 Å². The van der Waals surface area contributed by atoms with Crippen LogP contribution < -0.4 is 0 Å². The number of piperazine rings is 1. The molecular formula is C12H28N2OSi. The van der Waals surface area contributed by atoms with Crippen molar-refractivity contribution < 1.29 is 4.43 Å². The van der Waals surface area contributed by atoms with Crippen molar-refractivity contribution in [2.24, 2.45) is 0 Å². The zero-order valence-electron chi connectivity index (χ0n) is 11.5. The van der Waals surface area contributed by atoms with Gasteiger partial charge in [-0.1, -0.05) is 6.92 Å². The van der Waals surface area contributed by atoms with Crippen molar-refractivity contribution in [1.29, 1.82) is 0 Å². The van der Waals surface area contributed by atoms with Gasteiger partial charge >= 0.3 is 0 Å². The van der Waals surface area contributed by atoms with E-state index in [0.29, 0.717) is 0 Å². The Hall–Kier alpha value is 0.0969. The average Bonchev–Trinajstić information content (AvgIpc) is 2.30. The molecule has 1 heterocycles. The fourth-order valence-corrected chi connectivity index (χ4v) is 3.37. The van der Waals surface area contributed by atoms with Gasteiger partial charge in [0, 0.05) is 33.3 Å². The standard InChI is InChI=1S/C12H28N2OSi/c1-5-13-8-10-14(11-9-13)7-6-12-16(3,4)15-2/h5-12H2,1-4H3. The maximum absolute atomic E-state index is 5.57. The summed E-state index contributed by atoms with van der Waals surface area (Å²) in [6, 6.07) is 1.29. The fourth-order valence-electron chi connectivity index (χ4n) is 2.16. The molecule has 1 rings (SSSR count). The van der Waals surface area contributed by atoms with Gasteiger partial charge in [-0.05, 0) is 38.6 Å². The summed E-state index contributed by atoms with van der Waals surface area (Å²) in [5.74, 6) is 0. The van der Waals surface area contributed by atoms with Crippen LogP contribution in [0.5, 0.6) is 0 Å². The molecule has 1 aliphatic rings. The van der Waals surface area contributed by atoms with Crippen LogP contribution in [0.3, 0.4) is 0 Å². The molecule has 3 nitrogen and oxygen atoms in total. The Morgan fingerprint density at radius 2 is 1.62 bits per heavy atom. The summed E-state index contributed by atoms with van der Waals surface area (Å²) >= 11 is 0. The van der Waals surface area contributed by atoms with Gasteiger partial charge in [-0.3, -0.25) is 0 Å². The molecule has 0 aromatic carbocycles. The first kappa shape index (κ1) is 14.2. The minimum Gasteiger partial charge on any atom is -0.420 e. The normalized spacial score (nSPS) is 20.2. The first-order valence-electron chi connectivity index (χ1n) is 6.57. The van der Waals surface area contributed by atoms with E-state index in [1.54, 1.807) is 0 Å². The van der Waals surface area contributed by atoms with E-state index in [0.717, 1.165) is 0 Å². The molecule has 4 heteroatoms. The Morgan fingerprint density at radius 1 is 1.06 bits per heavy atom. The van der Waals surface area contributed by atoms with E-state index in [9.17, 15) is 0 Å². The van der Waals surface area contributed by atoms with Crippen molar-refractivity contribution >= 4 is 8.32 Å². The summed E-state index contributed by atoms with van der Waals surface area (Å²) in [4.78, 5) is 5.14. The Morgan fingerprint density at radius 3 is 2.12 bits per heavy atom. The summed E-state index contributed by atoms with van der Waals surface area (Å²) in [7, 11) is 0.548. The molecular weight excluding hydrogens is 216 g/mol. The Kier molecular flexibility index (Phi) is 5.96. The lowest BCUT2D eigenvalue weighted by molar-refractivity contribution is 0.137. The highest BCUT2D eigenvalue weighted by atomic mass is 28.4. The number of likely N-dealkylation sites (N-methyl/N-ethyl adjacent to an activating group) is 1. The molecule has 16 heavy (non-hydrogen) atoms. The topological polar surface area (TPSA) is 15.7 Å². The van der Waals surface area contributed by atoms with Gasteiger partial charge in [0.2, 0.25) is 0 Å². The van der Waals surface area contributed by atoms with Crippen LogP contribution in [0, 0.1) is 0 Å². The van der Waals surface area contributed by atoms with E-state index in [1.165, 1.54) is 51.7 Å². The first-order chi connectivity index (χ1) is 7.57. The van der Waals surface area contributed by atoms with Gasteiger partial charge in [-0.15, -0.1) is 0 Å². The molecule has 0 unspecified atom stereocenters. The van der Waals surface area contributed by atoms with E-state index in [4.69, 9.17) is 4.43 Å². The fraction of sp³-hybridized carbons (Fsp3) is 1.00. The van der Waals surface area contributed by atoms with Crippen LogP contribution in [0.1, 0.15) is 13.3 Å². The minimum atomic E-state index is -1.32. The molecule has 0 spiro atoms. The summed E-state index contributed by atoms with van der Waals surface area (Å²) in [6.45, 7) is 14.3. The molecule has 0 bridgehead atoms. The molecule has 0 aromatic heterocycles. The maximum Gasteiger partial charge on any atom is 0.186 e. The van der Waals surface area contributed by atoms with Crippen LogP contribution in [0.15, 0.2) is 0 Å². The SMILES string of the molecule is CCN1CCN(CCC[Si](C)(C)OC)CC1. The molecule has 0 aliphatic carbocycles. The van der Waals surface area contributed by atoms with Gasteiger partial charge in [0.25, 0.3) is 0 Å². The summed E-state index contributed by atoms with van der Waals surface area (Å²) in [5.41, 5.74) is 0. The van der Waals surface area contributed by atoms with Crippen molar-refractivity contribution in [3.63, 3.8) is 0 Å². The predicted molar refractivity (Wildman–Crippen MR) is 72.5 cm³/mol. The molecule has 0 N–H and O–H groups in total. The van der Waals surface area contributed by atoms with E-state index >= 15 is 0 Å². The second kappa shape index (κ2) is 6.74. The van der Waals surface area contributed by atoms with Crippen molar-refractivity contribution in [2.75, 3.05) is 46.4 Å². The van der Waals surface area contributed by atoms with E-state index < -0.39 is 8.32 Å². The second-order valence-electron chi connectivity index (χ2n) is 5.34. The van der Waals surface area contributed by atoms with E-state index in [1.807, 2.05) is 7.11 Å². The van der Waals surface area contributed by atoms with Crippen molar-refractivity contribution in [1.82, 2.24) is 9.80 Å². The summed E-state index contributed by atoms with van der Waals surface area (Å²) < 4.78 is 5.57. The van der Waals surface area contributed by atoms with Crippen LogP contribution in [0.25, 0.3) is 0 Å². The summed E-state index contributed by atoms with van der Waals surface area (Å²) in [5, 5.41) is 0. The summed E-state index contributed by atoms with van der Waals surface area (Å²) in [6.07, 6.45) is 1.30. The Balaban J connectivity index is 2.11. The van der Waals surface area contributed by atoms with Gasteiger partial charge in [-0.25, -0.2) is 0 Å². The van der Waals surface area contributed by atoms with E-state index in [2.05, 4.69) is 29.8 Å². The van der Waals surface area contributed by atoms with Crippen molar-refractivity contribution in [2.45, 2.75) is 32.5 Å². The minimum absolute atomic E-state index is 1.21.